The predicted molar refractivity (Wildman–Crippen MR) is 123 cm³/mol. The number of fused-ring (bicyclic) bond motifs is 1. The normalized spacial score (nSPS) is 11.3. The number of aromatic amines is 1. The third kappa shape index (κ3) is 4.26. The Morgan fingerprint density at radius 2 is 1.93 bits per heavy atom. The van der Waals surface area contributed by atoms with Gasteiger partial charge in [-0.15, -0.1) is 0 Å². The van der Waals surface area contributed by atoms with E-state index >= 15 is 0 Å². The summed E-state index contributed by atoms with van der Waals surface area (Å²) in [5.74, 6) is 1.29. The van der Waals surface area contributed by atoms with Crippen LogP contribution in [0.5, 0.6) is 0 Å². The summed E-state index contributed by atoms with van der Waals surface area (Å²) in [7, 11) is 0. The number of nitrogens with two attached hydrogens (primary N) is 1. The molecule has 0 atom stereocenters. The molecule has 0 fully saturated rings. The third-order valence-corrected chi connectivity index (χ3v) is 5.33. The fourth-order valence-corrected chi connectivity index (χ4v) is 3.61. The average molecular weight is 402 g/mol. The number of aromatic nitrogens is 4. The highest BCUT2D eigenvalue weighted by Gasteiger charge is 2.10. The first kappa shape index (κ1) is 19.8. The number of hydrogen-bond acceptors (Lipinski definition) is 6. The molecule has 3 aromatic heterocycles. The summed E-state index contributed by atoms with van der Waals surface area (Å²) in [6, 6.07) is 10.1. The number of hydrogen-bond donors (Lipinski definition) is 3. The minimum Gasteiger partial charge on any atom is -0.384 e. The molecular formula is C23H27N7. The smallest absolute Gasteiger partial charge is 0.145 e. The number of anilines is 2. The zero-order valence-electron chi connectivity index (χ0n) is 17.4. The third-order valence-electron chi connectivity index (χ3n) is 5.33. The lowest BCUT2D eigenvalue weighted by Crippen LogP contribution is -2.28. The van der Waals surface area contributed by atoms with E-state index in [1.165, 1.54) is 0 Å². The van der Waals surface area contributed by atoms with Crippen LogP contribution in [0.25, 0.3) is 33.3 Å². The van der Waals surface area contributed by atoms with E-state index in [1.807, 2.05) is 18.3 Å². The lowest BCUT2D eigenvalue weighted by atomic mass is 10.0. The molecule has 154 valence electrons. The summed E-state index contributed by atoms with van der Waals surface area (Å²) in [6.07, 6.45) is 7.30. The highest BCUT2D eigenvalue weighted by atomic mass is 15.1. The fourth-order valence-electron chi connectivity index (χ4n) is 3.61. The van der Waals surface area contributed by atoms with Gasteiger partial charge in [0.25, 0.3) is 0 Å². The van der Waals surface area contributed by atoms with Crippen LogP contribution in [0.2, 0.25) is 0 Å². The van der Waals surface area contributed by atoms with Crippen molar-refractivity contribution in [3.05, 3.63) is 55.1 Å². The van der Waals surface area contributed by atoms with Crippen molar-refractivity contribution in [3.63, 3.8) is 0 Å². The maximum absolute atomic E-state index is 5.87. The first-order valence-corrected chi connectivity index (χ1v) is 10.3. The molecule has 7 nitrogen and oxygen atoms in total. The van der Waals surface area contributed by atoms with Gasteiger partial charge in [-0.25, -0.2) is 9.97 Å². The molecule has 0 saturated heterocycles. The molecule has 3 heterocycles. The molecule has 0 amide bonds. The molecule has 4 aromatic rings. The van der Waals surface area contributed by atoms with Gasteiger partial charge in [-0.05, 0) is 42.9 Å². The second-order valence-electron chi connectivity index (χ2n) is 7.18. The van der Waals surface area contributed by atoms with Crippen molar-refractivity contribution in [2.24, 2.45) is 0 Å². The van der Waals surface area contributed by atoms with Crippen molar-refractivity contribution >= 4 is 22.5 Å². The van der Waals surface area contributed by atoms with Crippen LogP contribution in [-0.2, 0) is 0 Å². The zero-order valence-corrected chi connectivity index (χ0v) is 17.4. The molecule has 1 aromatic carbocycles. The molecule has 7 heteroatoms. The van der Waals surface area contributed by atoms with Crippen molar-refractivity contribution in [3.8, 4) is 22.4 Å². The zero-order chi connectivity index (χ0) is 20.9. The van der Waals surface area contributed by atoms with Crippen LogP contribution >= 0.6 is 0 Å². The molecule has 0 radical (unpaired) electrons. The monoisotopic (exact) mass is 401 g/mol. The minimum atomic E-state index is 0.507. The van der Waals surface area contributed by atoms with Crippen LogP contribution in [0.3, 0.4) is 0 Å². The first-order valence-electron chi connectivity index (χ1n) is 10.3. The Bertz CT molecular complexity index is 1130. The standard InChI is InChI=1S/C23H27N7/c1-3-30(4-2)10-9-27-23-15-25-14-21(29-23)17-5-6-20-18(11-17)19(13-28-20)16-7-8-26-22(24)12-16/h5-8,11-15,28H,3-4,9-10H2,1-2H3,(H2,24,26)(H,27,29). The number of likely N-dealkylation sites (N-methyl/N-ethyl adjacent to an activating group) is 1. The van der Waals surface area contributed by atoms with Crippen LogP contribution in [0, 0.1) is 0 Å². The van der Waals surface area contributed by atoms with Crippen molar-refractivity contribution in [2.75, 3.05) is 37.2 Å². The number of rotatable bonds is 8. The number of nitrogens with zero attached hydrogens (tertiary/aromatic N) is 4. The Labute approximate surface area is 176 Å². The van der Waals surface area contributed by atoms with E-state index in [9.17, 15) is 0 Å². The number of nitrogens with one attached hydrogen (secondary N) is 2. The van der Waals surface area contributed by atoms with Gasteiger partial charge in [-0.3, -0.25) is 4.98 Å². The molecule has 0 aliphatic carbocycles. The van der Waals surface area contributed by atoms with Gasteiger partial charge in [0.05, 0.1) is 18.1 Å². The van der Waals surface area contributed by atoms with Gasteiger partial charge in [0, 0.05) is 47.5 Å². The minimum absolute atomic E-state index is 0.507. The summed E-state index contributed by atoms with van der Waals surface area (Å²) >= 11 is 0. The summed E-state index contributed by atoms with van der Waals surface area (Å²) in [4.78, 5) is 18.9. The quantitative estimate of drug-likeness (QED) is 0.413. The van der Waals surface area contributed by atoms with Crippen LogP contribution < -0.4 is 11.1 Å². The maximum Gasteiger partial charge on any atom is 0.145 e. The second-order valence-corrected chi connectivity index (χ2v) is 7.18. The predicted octanol–water partition coefficient (Wildman–Crippen LogP) is 4.02. The fraction of sp³-hybridized carbons (Fsp3) is 0.261. The van der Waals surface area contributed by atoms with E-state index in [4.69, 9.17) is 10.7 Å². The Morgan fingerprint density at radius 3 is 2.73 bits per heavy atom. The van der Waals surface area contributed by atoms with Crippen LogP contribution in [-0.4, -0.2) is 51.0 Å². The van der Waals surface area contributed by atoms with E-state index in [-0.39, 0.29) is 0 Å². The van der Waals surface area contributed by atoms with Gasteiger partial charge < -0.3 is 20.9 Å². The number of H-pyrrole nitrogens is 1. The Kier molecular flexibility index (Phi) is 5.90. The van der Waals surface area contributed by atoms with Gasteiger partial charge in [-0.1, -0.05) is 19.9 Å². The summed E-state index contributed by atoms with van der Waals surface area (Å²) in [6.45, 7) is 8.26. The van der Waals surface area contributed by atoms with Crippen LogP contribution in [0.15, 0.2) is 55.1 Å². The Hall–Kier alpha value is -3.45. The van der Waals surface area contributed by atoms with Gasteiger partial charge in [-0.2, -0.15) is 0 Å². The maximum atomic E-state index is 5.87. The number of benzene rings is 1. The highest BCUT2D eigenvalue weighted by molar-refractivity contribution is 5.98. The van der Waals surface area contributed by atoms with E-state index in [0.717, 1.165) is 65.3 Å². The molecule has 0 saturated carbocycles. The number of nitrogen functional groups attached to an aromatic ring is 1. The largest absolute Gasteiger partial charge is 0.384 e. The highest BCUT2D eigenvalue weighted by Crippen LogP contribution is 2.32. The van der Waals surface area contributed by atoms with Crippen LogP contribution in [0.1, 0.15) is 13.8 Å². The van der Waals surface area contributed by atoms with E-state index in [1.54, 1.807) is 18.6 Å². The van der Waals surface area contributed by atoms with E-state index in [0.29, 0.717) is 5.82 Å². The van der Waals surface area contributed by atoms with Crippen molar-refractivity contribution in [2.45, 2.75) is 13.8 Å². The molecule has 4 N–H and O–H groups in total. The molecule has 0 aliphatic rings. The van der Waals surface area contributed by atoms with E-state index in [2.05, 4.69) is 57.2 Å². The molecule has 4 rings (SSSR count). The SMILES string of the molecule is CCN(CC)CCNc1cncc(-c2ccc3[nH]cc(-c4ccnc(N)c4)c3c2)n1. The number of pyridine rings is 1. The topological polar surface area (TPSA) is 95.8 Å². The van der Waals surface area contributed by atoms with Crippen molar-refractivity contribution in [1.82, 2.24) is 24.8 Å². The second kappa shape index (κ2) is 8.92. The molecular weight excluding hydrogens is 374 g/mol. The summed E-state index contributed by atoms with van der Waals surface area (Å²) in [5.41, 5.74) is 10.9. The van der Waals surface area contributed by atoms with Gasteiger partial charge >= 0.3 is 0 Å². The van der Waals surface area contributed by atoms with Gasteiger partial charge in [0.2, 0.25) is 0 Å². The molecule has 30 heavy (non-hydrogen) atoms. The van der Waals surface area contributed by atoms with Gasteiger partial charge in [0.1, 0.15) is 11.6 Å². The first-order chi connectivity index (χ1) is 14.7. The lowest BCUT2D eigenvalue weighted by molar-refractivity contribution is 0.316. The molecule has 0 bridgehead atoms. The molecule has 0 unspecified atom stereocenters. The molecule has 0 aliphatic heterocycles. The van der Waals surface area contributed by atoms with E-state index < -0.39 is 0 Å². The van der Waals surface area contributed by atoms with Gasteiger partial charge in [0.15, 0.2) is 0 Å². The average Bonchev–Trinajstić information content (AvgIpc) is 3.20. The summed E-state index contributed by atoms with van der Waals surface area (Å²) in [5, 5.41) is 4.50. The van der Waals surface area contributed by atoms with Crippen molar-refractivity contribution in [1.29, 1.82) is 0 Å². The Morgan fingerprint density at radius 1 is 1.07 bits per heavy atom. The molecule has 0 spiro atoms. The summed E-state index contributed by atoms with van der Waals surface area (Å²) < 4.78 is 0. The van der Waals surface area contributed by atoms with Crippen molar-refractivity contribution < 1.29 is 0 Å². The lowest BCUT2D eigenvalue weighted by Gasteiger charge is -2.18. The van der Waals surface area contributed by atoms with Crippen LogP contribution in [0.4, 0.5) is 11.6 Å². The Balaban J connectivity index is 1.60.